The molecular formula is C20H20ClN3O3. The van der Waals surface area contributed by atoms with E-state index in [1.54, 1.807) is 24.3 Å². The molecule has 0 unspecified atom stereocenters. The van der Waals surface area contributed by atoms with Crippen LogP contribution >= 0.6 is 11.6 Å². The van der Waals surface area contributed by atoms with Crippen LogP contribution in [-0.2, 0) is 6.54 Å². The second kappa shape index (κ2) is 8.60. The molecule has 2 amide bonds. The van der Waals surface area contributed by atoms with E-state index in [0.29, 0.717) is 34.7 Å². The lowest BCUT2D eigenvalue weighted by atomic mass is 10.2. The van der Waals surface area contributed by atoms with Crippen LogP contribution in [0.1, 0.15) is 18.4 Å². The monoisotopic (exact) mass is 385 g/mol. The van der Waals surface area contributed by atoms with Crippen molar-refractivity contribution in [1.82, 2.24) is 10.3 Å². The van der Waals surface area contributed by atoms with Crippen LogP contribution in [0.15, 0.2) is 52.9 Å². The quantitative estimate of drug-likeness (QED) is 0.624. The van der Waals surface area contributed by atoms with Gasteiger partial charge in [0.25, 0.3) is 0 Å². The maximum atomic E-state index is 12.1. The van der Waals surface area contributed by atoms with Gasteiger partial charge in [0.1, 0.15) is 17.2 Å². The number of benzene rings is 2. The number of urea groups is 1. The van der Waals surface area contributed by atoms with E-state index in [0.717, 1.165) is 11.3 Å². The molecule has 0 atom stereocenters. The summed E-state index contributed by atoms with van der Waals surface area (Å²) in [5.41, 5.74) is 2.05. The average Bonchev–Trinajstić information content (AvgIpc) is 3.03. The van der Waals surface area contributed by atoms with Crippen LogP contribution in [-0.4, -0.2) is 17.6 Å². The Morgan fingerprint density at radius 1 is 1.19 bits per heavy atom. The fourth-order valence-corrected chi connectivity index (χ4v) is 2.65. The predicted molar refractivity (Wildman–Crippen MR) is 105 cm³/mol. The third-order valence-corrected chi connectivity index (χ3v) is 4.17. The summed E-state index contributed by atoms with van der Waals surface area (Å²) in [4.78, 5) is 16.5. The molecule has 1 heterocycles. The van der Waals surface area contributed by atoms with Gasteiger partial charge in [-0.25, -0.2) is 9.78 Å². The number of para-hydroxylation sites is 1. The highest BCUT2D eigenvalue weighted by Crippen LogP contribution is 2.24. The number of carbonyl (C=O) groups excluding carboxylic acids is 1. The summed E-state index contributed by atoms with van der Waals surface area (Å²) < 4.78 is 11.2. The number of oxazole rings is 1. The zero-order chi connectivity index (χ0) is 19.2. The zero-order valence-electron chi connectivity index (χ0n) is 15.1. The summed E-state index contributed by atoms with van der Waals surface area (Å²) in [5, 5.41) is 5.93. The summed E-state index contributed by atoms with van der Waals surface area (Å²) in [6.07, 6.45) is 0. The molecule has 2 aromatic carbocycles. The topological polar surface area (TPSA) is 76.4 Å². The molecule has 140 valence electrons. The molecule has 27 heavy (non-hydrogen) atoms. The molecule has 2 N–H and O–H groups in total. The van der Waals surface area contributed by atoms with Crippen molar-refractivity contribution in [3.63, 3.8) is 0 Å². The van der Waals surface area contributed by atoms with Gasteiger partial charge in [-0.3, -0.25) is 0 Å². The number of halogens is 1. The molecule has 0 saturated heterocycles. The first kappa shape index (κ1) is 18.8. The standard InChI is InChI=1S/C20H20ClN3O3/c1-3-26-15-10-8-14(9-11-15)19-23-18(13(2)27-19)12-22-20(25)24-17-7-5-4-6-16(17)21/h4-11H,3,12H2,1-2H3,(H2,22,24,25). The second-order valence-electron chi connectivity index (χ2n) is 5.77. The van der Waals surface area contributed by atoms with Gasteiger partial charge in [0, 0.05) is 5.56 Å². The fourth-order valence-electron chi connectivity index (χ4n) is 2.47. The van der Waals surface area contributed by atoms with Crippen molar-refractivity contribution in [3.8, 4) is 17.2 Å². The number of hydrogen-bond acceptors (Lipinski definition) is 4. The largest absolute Gasteiger partial charge is 0.494 e. The predicted octanol–water partition coefficient (Wildman–Crippen LogP) is 5.02. The van der Waals surface area contributed by atoms with Gasteiger partial charge in [0.15, 0.2) is 0 Å². The van der Waals surface area contributed by atoms with E-state index in [-0.39, 0.29) is 12.6 Å². The Labute approximate surface area is 162 Å². The Bertz CT molecular complexity index is 922. The second-order valence-corrected chi connectivity index (χ2v) is 6.17. The number of carbonyl (C=O) groups is 1. The molecule has 1 aromatic heterocycles. The van der Waals surface area contributed by atoms with Gasteiger partial charge in [-0.15, -0.1) is 0 Å². The first-order valence-corrected chi connectivity index (χ1v) is 8.93. The van der Waals surface area contributed by atoms with Crippen molar-refractivity contribution >= 4 is 23.3 Å². The van der Waals surface area contributed by atoms with E-state index >= 15 is 0 Å². The summed E-state index contributed by atoms with van der Waals surface area (Å²) in [5.74, 6) is 1.94. The minimum Gasteiger partial charge on any atom is -0.494 e. The van der Waals surface area contributed by atoms with Crippen molar-refractivity contribution in [2.45, 2.75) is 20.4 Å². The normalized spacial score (nSPS) is 10.5. The van der Waals surface area contributed by atoms with Crippen molar-refractivity contribution < 1.29 is 13.9 Å². The van der Waals surface area contributed by atoms with Crippen molar-refractivity contribution in [1.29, 1.82) is 0 Å². The lowest BCUT2D eigenvalue weighted by molar-refractivity contribution is 0.251. The van der Waals surface area contributed by atoms with Crippen LogP contribution in [0.4, 0.5) is 10.5 Å². The molecule has 3 rings (SSSR count). The Kier molecular flexibility index (Phi) is 5.98. The molecule has 0 bridgehead atoms. The summed E-state index contributed by atoms with van der Waals surface area (Å²) in [7, 11) is 0. The Balaban J connectivity index is 1.63. The molecule has 7 heteroatoms. The summed E-state index contributed by atoms with van der Waals surface area (Å²) in [6, 6.07) is 14.2. The van der Waals surface area contributed by atoms with Gasteiger partial charge in [-0.05, 0) is 50.2 Å². The molecule has 0 fully saturated rings. The lowest BCUT2D eigenvalue weighted by Gasteiger charge is -2.07. The highest BCUT2D eigenvalue weighted by atomic mass is 35.5. The molecule has 0 saturated carbocycles. The minimum atomic E-state index is -0.367. The number of nitrogens with zero attached hydrogens (tertiary/aromatic N) is 1. The van der Waals surface area contributed by atoms with Crippen LogP contribution in [0.3, 0.4) is 0 Å². The number of ether oxygens (including phenoxy) is 1. The molecule has 6 nitrogen and oxygen atoms in total. The van der Waals surface area contributed by atoms with E-state index in [4.69, 9.17) is 20.8 Å². The number of aromatic nitrogens is 1. The van der Waals surface area contributed by atoms with Gasteiger partial charge in [0.05, 0.1) is 23.9 Å². The van der Waals surface area contributed by atoms with Gasteiger partial charge in [-0.2, -0.15) is 0 Å². The van der Waals surface area contributed by atoms with Crippen LogP contribution in [0, 0.1) is 6.92 Å². The number of aryl methyl sites for hydroxylation is 1. The molecular weight excluding hydrogens is 366 g/mol. The number of nitrogens with one attached hydrogen (secondary N) is 2. The summed E-state index contributed by atoms with van der Waals surface area (Å²) >= 11 is 6.03. The Hall–Kier alpha value is -2.99. The molecule has 0 aliphatic heterocycles. The summed E-state index contributed by atoms with van der Waals surface area (Å²) in [6.45, 7) is 4.60. The van der Waals surface area contributed by atoms with E-state index in [9.17, 15) is 4.79 Å². The third-order valence-electron chi connectivity index (χ3n) is 3.84. The van der Waals surface area contributed by atoms with E-state index in [2.05, 4.69) is 15.6 Å². The third kappa shape index (κ3) is 4.80. The number of hydrogen-bond donors (Lipinski definition) is 2. The van der Waals surface area contributed by atoms with Crippen molar-refractivity contribution in [3.05, 3.63) is 65.0 Å². The molecule has 0 aliphatic rings. The number of rotatable bonds is 6. The van der Waals surface area contributed by atoms with E-state index < -0.39 is 0 Å². The maximum Gasteiger partial charge on any atom is 0.319 e. The van der Waals surface area contributed by atoms with Gasteiger partial charge in [0.2, 0.25) is 5.89 Å². The van der Waals surface area contributed by atoms with E-state index in [1.807, 2.05) is 38.1 Å². The van der Waals surface area contributed by atoms with Crippen LogP contribution in [0.2, 0.25) is 5.02 Å². The molecule has 0 aliphatic carbocycles. The van der Waals surface area contributed by atoms with Crippen molar-refractivity contribution in [2.24, 2.45) is 0 Å². The van der Waals surface area contributed by atoms with Gasteiger partial charge in [-0.1, -0.05) is 23.7 Å². The maximum absolute atomic E-state index is 12.1. The van der Waals surface area contributed by atoms with Crippen LogP contribution < -0.4 is 15.4 Å². The van der Waals surface area contributed by atoms with Crippen LogP contribution in [0.25, 0.3) is 11.5 Å². The fraction of sp³-hybridized carbons (Fsp3) is 0.200. The van der Waals surface area contributed by atoms with Gasteiger partial charge >= 0.3 is 6.03 Å². The molecule has 0 radical (unpaired) electrons. The highest BCUT2D eigenvalue weighted by Gasteiger charge is 2.13. The zero-order valence-corrected chi connectivity index (χ0v) is 15.8. The number of amides is 2. The lowest BCUT2D eigenvalue weighted by Crippen LogP contribution is -2.28. The molecule has 3 aromatic rings. The first-order chi connectivity index (χ1) is 13.1. The first-order valence-electron chi connectivity index (χ1n) is 8.55. The van der Waals surface area contributed by atoms with Gasteiger partial charge < -0.3 is 19.8 Å². The Morgan fingerprint density at radius 3 is 2.63 bits per heavy atom. The smallest absolute Gasteiger partial charge is 0.319 e. The SMILES string of the molecule is CCOc1ccc(-c2nc(CNC(=O)Nc3ccccc3Cl)c(C)o2)cc1. The highest BCUT2D eigenvalue weighted by molar-refractivity contribution is 6.33. The van der Waals surface area contributed by atoms with E-state index in [1.165, 1.54) is 0 Å². The molecule has 0 spiro atoms. The number of anilines is 1. The van der Waals surface area contributed by atoms with Crippen LogP contribution in [0.5, 0.6) is 5.75 Å². The average molecular weight is 386 g/mol. The minimum absolute atomic E-state index is 0.239. The Morgan fingerprint density at radius 2 is 1.93 bits per heavy atom. The van der Waals surface area contributed by atoms with Crippen molar-refractivity contribution in [2.75, 3.05) is 11.9 Å².